The predicted molar refractivity (Wildman–Crippen MR) is 76.0 cm³/mol. The molecule has 130 valence electrons. The first kappa shape index (κ1) is 17.1. The molecule has 24 heavy (non-hydrogen) atoms. The number of benzene rings is 1. The Morgan fingerprint density at radius 3 is 2.12 bits per heavy atom. The fourth-order valence-corrected chi connectivity index (χ4v) is 3.79. The lowest BCUT2D eigenvalue weighted by Gasteiger charge is -2.24. The highest BCUT2D eigenvalue weighted by Crippen LogP contribution is 2.63. The molecule has 0 saturated carbocycles. The zero-order chi connectivity index (χ0) is 18.1. The number of hydrogen-bond acceptors (Lipinski definition) is 2. The molecule has 0 radical (unpaired) electrons. The predicted octanol–water partition coefficient (Wildman–Crippen LogP) is 5.82. The molecule has 0 N–H and O–H groups in total. The maximum absolute atomic E-state index is 14.0. The Balaban J connectivity index is 2.35. The molecule has 0 saturated heterocycles. The van der Waals surface area contributed by atoms with Gasteiger partial charge in [0.15, 0.2) is 5.83 Å². The van der Waals surface area contributed by atoms with Crippen molar-refractivity contribution < 1.29 is 35.5 Å². The second-order valence-corrected chi connectivity index (χ2v) is 6.56. The van der Waals surface area contributed by atoms with Gasteiger partial charge in [0.05, 0.1) is 12.7 Å². The topological polar surface area (TPSA) is 9.23 Å². The molecule has 9 heteroatoms. The minimum Gasteiger partial charge on any atom is -0.497 e. The first-order valence-corrected chi connectivity index (χ1v) is 7.40. The molecule has 1 heterocycles. The van der Waals surface area contributed by atoms with Gasteiger partial charge in [-0.25, -0.2) is 4.39 Å². The third-order valence-corrected chi connectivity index (χ3v) is 4.99. The zero-order valence-corrected chi connectivity index (χ0v) is 13.0. The fraction of sp³-hybridized carbons (Fsp3) is 0.333. The Morgan fingerprint density at radius 2 is 1.62 bits per heavy atom. The van der Waals surface area contributed by atoms with E-state index in [2.05, 4.69) is 0 Å². The average Bonchev–Trinajstić information content (AvgIpc) is 2.85. The van der Waals surface area contributed by atoms with E-state index in [1.54, 1.807) is 0 Å². The van der Waals surface area contributed by atoms with E-state index in [1.165, 1.54) is 32.2 Å². The van der Waals surface area contributed by atoms with E-state index in [0.29, 0.717) is 10.4 Å². The van der Waals surface area contributed by atoms with Crippen LogP contribution >= 0.6 is 11.3 Å². The molecule has 0 spiro atoms. The molecule has 2 aromatic rings. The smallest absolute Gasteiger partial charge is 0.383 e. The van der Waals surface area contributed by atoms with Crippen LogP contribution in [0.4, 0.5) is 30.7 Å². The van der Waals surface area contributed by atoms with Crippen molar-refractivity contribution in [1.29, 1.82) is 0 Å². The van der Waals surface area contributed by atoms with Crippen molar-refractivity contribution in [2.45, 2.75) is 24.7 Å². The molecule has 0 unspecified atom stereocenters. The van der Waals surface area contributed by atoms with Crippen LogP contribution in [0.5, 0.6) is 5.75 Å². The molecule has 0 aliphatic heterocycles. The molecule has 0 bridgehead atoms. The number of methoxy groups -OCH3 is 1. The lowest BCUT2D eigenvalue weighted by molar-refractivity contribution is -0.263. The van der Waals surface area contributed by atoms with Crippen LogP contribution in [-0.4, -0.2) is 24.9 Å². The minimum absolute atomic E-state index is 0.0170. The molecule has 0 amide bonds. The van der Waals surface area contributed by atoms with Crippen molar-refractivity contribution in [2.75, 3.05) is 7.11 Å². The summed E-state index contributed by atoms with van der Waals surface area (Å²) in [5.41, 5.74) is -2.58. The number of rotatable bonds is 2. The van der Waals surface area contributed by atoms with Gasteiger partial charge in [-0.3, -0.25) is 0 Å². The van der Waals surface area contributed by atoms with Crippen LogP contribution in [0.25, 0.3) is 15.7 Å². The molecular formula is C15H9F7OS. The van der Waals surface area contributed by atoms with Gasteiger partial charge in [0.25, 0.3) is 0 Å². The van der Waals surface area contributed by atoms with E-state index >= 15 is 0 Å². The highest BCUT2D eigenvalue weighted by Gasteiger charge is 2.81. The fourth-order valence-electron chi connectivity index (χ4n) is 2.69. The Morgan fingerprint density at radius 1 is 1.00 bits per heavy atom. The Labute approximate surface area is 135 Å². The van der Waals surface area contributed by atoms with Gasteiger partial charge in [-0.05, 0) is 25.1 Å². The number of hydrogen-bond donors (Lipinski definition) is 0. The van der Waals surface area contributed by atoms with E-state index in [0.717, 1.165) is 11.3 Å². The molecular weight excluding hydrogens is 361 g/mol. The van der Waals surface area contributed by atoms with Gasteiger partial charge in [-0.2, -0.15) is 26.3 Å². The SMILES string of the molecule is COc1ccc2c(C3=C(F)C(F)(F)C(F)(F)C3(F)F)c(C)sc2c1. The molecule has 1 aliphatic rings. The number of thiophene rings is 1. The Bertz CT molecular complexity index is 866. The second-order valence-electron chi connectivity index (χ2n) is 5.31. The number of allylic oxidation sites excluding steroid dienone is 2. The maximum Gasteiger partial charge on any atom is 0.383 e. The van der Waals surface area contributed by atoms with Crippen molar-refractivity contribution in [3.05, 3.63) is 34.5 Å². The highest BCUT2D eigenvalue weighted by atomic mass is 32.1. The Kier molecular flexibility index (Phi) is 3.46. The maximum atomic E-state index is 14.0. The van der Waals surface area contributed by atoms with Crippen molar-refractivity contribution in [1.82, 2.24) is 0 Å². The minimum atomic E-state index is -5.84. The molecule has 1 nitrogen and oxygen atoms in total. The third kappa shape index (κ3) is 1.87. The first-order valence-electron chi connectivity index (χ1n) is 6.58. The third-order valence-electron chi connectivity index (χ3n) is 3.92. The average molecular weight is 370 g/mol. The first-order chi connectivity index (χ1) is 11.0. The van der Waals surface area contributed by atoms with Crippen molar-refractivity contribution in [3.8, 4) is 5.75 Å². The van der Waals surface area contributed by atoms with Crippen LogP contribution < -0.4 is 4.74 Å². The molecule has 1 aromatic heterocycles. The van der Waals surface area contributed by atoms with Crippen LogP contribution in [0.3, 0.4) is 0 Å². The van der Waals surface area contributed by atoms with Crippen LogP contribution in [0.1, 0.15) is 10.4 Å². The lowest BCUT2D eigenvalue weighted by Crippen LogP contribution is -2.48. The van der Waals surface area contributed by atoms with Gasteiger partial charge >= 0.3 is 17.8 Å². The summed E-state index contributed by atoms with van der Waals surface area (Å²) in [4.78, 5) is 0.0246. The van der Waals surface area contributed by atoms with Crippen molar-refractivity contribution in [2.24, 2.45) is 0 Å². The molecule has 0 atom stereocenters. The van der Waals surface area contributed by atoms with Gasteiger partial charge in [-0.15, -0.1) is 11.3 Å². The summed E-state index contributed by atoms with van der Waals surface area (Å²) in [6, 6.07) is 4.02. The van der Waals surface area contributed by atoms with Crippen molar-refractivity contribution >= 4 is 27.0 Å². The normalized spacial score (nSPS) is 21.5. The number of alkyl halides is 6. The van der Waals surface area contributed by atoms with Gasteiger partial charge in [0, 0.05) is 20.5 Å². The number of ether oxygens (including phenoxy) is 1. The van der Waals surface area contributed by atoms with Gasteiger partial charge in [-0.1, -0.05) is 0 Å². The quantitative estimate of drug-likeness (QED) is 0.606. The summed E-state index contributed by atoms with van der Waals surface area (Å²) in [5, 5.41) is -0.0170. The summed E-state index contributed by atoms with van der Waals surface area (Å²) in [6.07, 6.45) is 0. The molecule has 1 aliphatic carbocycles. The number of fused-ring (bicyclic) bond motifs is 1. The number of halogens is 7. The van der Waals surface area contributed by atoms with Gasteiger partial charge in [0.1, 0.15) is 5.75 Å². The van der Waals surface area contributed by atoms with Crippen LogP contribution in [0.2, 0.25) is 0 Å². The lowest BCUT2D eigenvalue weighted by atomic mass is 9.98. The summed E-state index contributed by atoms with van der Waals surface area (Å²) >= 11 is 0.894. The van der Waals surface area contributed by atoms with Gasteiger partial charge < -0.3 is 4.74 Å². The summed E-state index contributed by atoms with van der Waals surface area (Å²) < 4.78 is 101. The van der Waals surface area contributed by atoms with E-state index in [4.69, 9.17) is 4.74 Å². The van der Waals surface area contributed by atoms with E-state index in [1.807, 2.05) is 0 Å². The van der Waals surface area contributed by atoms with Crippen LogP contribution in [-0.2, 0) is 0 Å². The van der Waals surface area contributed by atoms with Crippen LogP contribution in [0, 0.1) is 6.92 Å². The van der Waals surface area contributed by atoms with E-state index in [9.17, 15) is 30.7 Å². The Hall–Kier alpha value is -1.77. The summed E-state index contributed by atoms with van der Waals surface area (Å²) in [5.74, 6) is -19.2. The molecule has 0 fully saturated rings. The monoisotopic (exact) mass is 370 g/mol. The number of aryl methyl sites for hydroxylation is 1. The van der Waals surface area contributed by atoms with E-state index < -0.39 is 34.7 Å². The zero-order valence-electron chi connectivity index (χ0n) is 12.2. The highest BCUT2D eigenvalue weighted by molar-refractivity contribution is 7.19. The summed E-state index contributed by atoms with van der Waals surface area (Å²) in [7, 11) is 1.36. The largest absolute Gasteiger partial charge is 0.497 e. The second kappa shape index (κ2) is 4.87. The van der Waals surface area contributed by atoms with Crippen molar-refractivity contribution in [3.63, 3.8) is 0 Å². The molecule has 3 rings (SSSR count). The summed E-state index contributed by atoms with van der Waals surface area (Å²) in [6.45, 7) is 1.28. The standard InChI is InChI=1S/C15H9F7OS/c1-6-10(8-4-3-7(23-2)5-9(8)24-6)11-12(16)14(19,20)15(21,22)13(11,17)18/h3-5H,1-2H3. The van der Waals surface area contributed by atoms with Crippen LogP contribution in [0.15, 0.2) is 24.0 Å². The van der Waals surface area contributed by atoms with E-state index in [-0.39, 0.29) is 10.3 Å². The van der Waals surface area contributed by atoms with Gasteiger partial charge in [0.2, 0.25) is 0 Å². The molecule has 1 aromatic carbocycles.